The maximum Gasteiger partial charge on any atom is 0.250 e. The molecule has 0 fully saturated rings. The van der Waals surface area contributed by atoms with Gasteiger partial charge in [0.15, 0.2) is 11.0 Å². The van der Waals surface area contributed by atoms with Crippen LogP contribution in [-0.4, -0.2) is 39.2 Å². The molecule has 9 heteroatoms. The van der Waals surface area contributed by atoms with Gasteiger partial charge in [-0.15, -0.1) is 10.2 Å². The second-order valence-electron chi connectivity index (χ2n) is 7.23. The van der Waals surface area contributed by atoms with Gasteiger partial charge in [-0.3, -0.25) is 9.36 Å². The molecule has 1 heterocycles. The first kappa shape index (κ1) is 23.2. The van der Waals surface area contributed by atoms with Crippen LogP contribution in [-0.2, 0) is 4.79 Å². The van der Waals surface area contributed by atoms with Gasteiger partial charge in [-0.25, -0.2) is 9.82 Å². The van der Waals surface area contributed by atoms with Crippen molar-refractivity contribution in [3.8, 4) is 22.8 Å². The molecule has 0 atom stereocenters. The van der Waals surface area contributed by atoms with Crippen LogP contribution < -0.4 is 10.2 Å². The summed E-state index contributed by atoms with van der Waals surface area (Å²) in [6.45, 7) is 1.74. The van der Waals surface area contributed by atoms with Crippen molar-refractivity contribution in [2.45, 2.75) is 12.1 Å². The molecule has 0 spiro atoms. The Bertz CT molecular complexity index is 1290. The molecular formula is C25H22FN5O2S. The molecule has 0 saturated carbocycles. The number of hydrazone groups is 1. The summed E-state index contributed by atoms with van der Waals surface area (Å²) in [6, 6.07) is 23.2. The second-order valence-corrected chi connectivity index (χ2v) is 8.18. The van der Waals surface area contributed by atoms with E-state index < -0.39 is 0 Å². The Morgan fingerprint density at radius 2 is 1.74 bits per heavy atom. The van der Waals surface area contributed by atoms with Crippen molar-refractivity contribution in [1.29, 1.82) is 0 Å². The van der Waals surface area contributed by atoms with Crippen molar-refractivity contribution in [2.75, 3.05) is 12.9 Å². The number of ether oxygens (including phenoxy) is 1. The van der Waals surface area contributed by atoms with E-state index in [-0.39, 0.29) is 17.5 Å². The molecular weight excluding hydrogens is 453 g/mol. The summed E-state index contributed by atoms with van der Waals surface area (Å²) in [6.07, 6.45) is 0. The number of aromatic nitrogens is 3. The van der Waals surface area contributed by atoms with Gasteiger partial charge in [0.2, 0.25) is 0 Å². The van der Waals surface area contributed by atoms with E-state index in [0.717, 1.165) is 22.6 Å². The van der Waals surface area contributed by atoms with E-state index in [1.54, 1.807) is 26.2 Å². The molecule has 4 rings (SSSR count). The zero-order chi connectivity index (χ0) is 23.9. The summed E-state index contributed by atoms with van der Waals surface area (Å²) in [4.78, 5) is 12.4. The zero-order valence-corrected chi connectivity index (χ0v) is 19.4. The van der Waals surface area contributed by atoms with Crippen molar-refractivity contribution >= 4 is 23.4 Å². The van der Waals surface area contributed by atoms with Crippen LogP contribution >= 0.6 is 11.8 Å². The topological polar surface area (TPSA) is 81.4 Å². The van der Waals surface area contributed by atoms with Crippen molar-refractivity contribution in [2.24, 2.45) is 5.10 Å². The van der Waals surface area contributed by atoms with Crippen molar-refractivity contribution < 1.29 is 13.9 Å². The van der Waals surface area contributed by atoms with Crippen molar-refractivity contribution in [1.82, 2.24) is 20.2 Å². The predicted molar refractivity (Wildman–Crippen MR) is 131 cm³/mol. The minimum absolute atomic E-state index is 0.0866. The van der Waals surface area contributed by atoms with Gasteiger partial charge in [-0.1, -0.05) is 54.2 Å². The summed E-state index contributed by atoms with van der Waals surface area (Å²) in [5.74, 6) is 0.869. The zero-order valence-electron chi connectivity index (χ0n) is 18.6. The van der Waals surface area contributed by atoms with Gasteiger partial charge in [0.1, 0.15) is 11.6 Å². The van der Waals surface area contributed by atoms with Crippen LogP contribution in [0.2, 0.25) is 0 Å². The maximum absolute atomic E-state index is 13.1. The van der Waals surface area contributed by atoms with Gasteiger partial charge in [0.25, 0.3) is 5.91 Å². The lowest BCUT2D eigenvalue weighted by atomic mass is 10.1. The van der Waals surface area contributed by atoms with Gasteiger partial charge in [0, 0.05) is 11.3 Å². The first-order valence-corrected chi connectivity index (χ1v) is 11.4. The van der Waals surface area contributed by atoms with Gasteiger partial charge >= 0.3 is 0 Å². The van der Waals surface area contributed by atoms with Crippen LogP contribution in [0.3, 0.4) is 0 Å². The first-order chi connectivity index (χ1) is 16.5. The molecule has 1 aromatic heterocycles. The lowest BCUT2D eigenvalue weighted by Crippen LogP contribution is -2.21. The normalized spacial score (nSPS) is 11.3. The number of nitrogens with zero attached hydrogens (tertiary/aromatic N) is 4. The van der Waals surface area contributed by atoms with Crippen molar-refractivity contribution in [3.63, 3.8) is 0 Å². The summed E-state index contributed by atoms with van der Waals surface area (Å²) in [5, 5.41) is 13.4. The minimum Gasteiger partial charge on any atom is -0.497 e. The van der Waals surface area contributed by atoms with Gasteiger partial charge < -0.3 is 4.74 Å². The number of amides is 1. The van der Waals surface area contributed by atoms with E-state index >= 15 is 0 Å². The third kappa shape index (κ3) is 5.49. The SMILES string of the molecule is COc1ccc(-n2c(SCC(=O)NN=C(C)c3ccc(F)cc3)nnc2-c2ccccc2)cc1. The fraction of sp³-hybridized carbons (Fsp3) is 0.120. The summed E-state index contributed by atoms with van der Waals surface area (Å²) in [7, 11) is 1.61. The van der Waals surface area contributed by atoms with E-state index in [9.17, 15) is 9.18 Å². The molecule has 0 saturated heterocycles. The molecule has 7 nitrogen and oxygen atoms in total. The van der Waals surface area contributed by atoms with E-state index in [2.05, 4.69) is 20.7 Å². The fourth-order valence-corrected chi connectivity index (χ4v) is 3.91. The largest absolute Gasteiger partial charge is 0.497 e. The first-order valence-electron chi connectivity index (χ1n) is 10.4. The third-order valence-corrected chi connectivity index (χ3v) is 5.87. The number of hydrogen-bond donors (Lipinski definition) is 1. The van der Waals surface area contributed by atoms with E-state index in [4.69, 9.17) is 4.74 Å². The Morgan fingerprint density at radius 3 is 2.41 bits per heavy atom. The number of carbonyl (C=O) groups is 1. The third-order valence-electron chi connectivity index (χ3n) is 4.94. The van der Waals surface area contributed by atoms with Crippen LogP contribution in [0.4, 0.5) is 4.39 Å². The van der Waals surface area contributed by atoms with E-state index in [0.29, 0.717) is 16.7 Å². The molecule has 0 radical (unpaired) electrons. The molecule has 1 N–H and O–H groups in total. The Hall–Kier alpha value is -3.98. The Morgan fingerprint density at radius 1 is 1.03 bits per heavy atom. The molecule has 172 valence electrons. The highest BCUT2D eigenvalue weighted by Crippen LogP contribution is 2.28. The van der Waals surface area contributed by atoms with E-state index in [1.807, 2.05) is 59.2 Å². The summed E-state index contributed by atoms with van der Waals surface area (Å²) >= 11 is 1.25. The van der Waals surface area contributed by atoms with Crippen LogP contribution in [0, 0.1) is 5.82 Å². The van der Waals surface area contributed by atoms with Crippen LogP contribution in [0.15, 0.2) is 89.1 Å². The average molecular weight is 476 g/mol. The number of carbonyl (C=O) groups excluding carboxylic acids is 1. The quantitative estimate of drug-likeness (QED) is 0.227. The van der Waals surface area contributed by atoms with Gasteiger partial charge in [-0.05, 0) is 48.9 Å². The number of rotatable bonds is 8. The number of methoxy groups -OCH3 is 1. The highest BCUT2D eigenvalue weighted by atomic mass is 32.2. The average Bonchev–Trinajstić information content (AvgIpc) is 3.31. The Kier molecular flexibility index (Phi) is 7.34. The van der Waals surface area contributed by atoms with Crippen molar-refractivity contribution in [3.05, 3.63) is 90.2 Å². The Balaban J connectivity index is 1.52. The lowest BCUT2D eigenvalue weighted by molar-refractivity contribution is -0.118. The number of nitrogens with one attached hydrogen (secondary N) is 1. The monoisotopic (exact) mass is 475 g/mol. The molecule has 0 aliphatic carbocycles. The molecule has 0 unspecified atom stereocenters. The predicted octanol–water partition coefficient (Wildman–Crippen LogP) is 4.71. The lowest BCUT2D eigenvalue weighted by Gasteiger charge is -2.11. The maximum atomic E-state index is 13.1. The van der Waals surface area contributed by atoms with Gasteiger partial charge in [0.05, 0.1) is 18.6 Å². The summed E-state index contributed by atoms with van der Waals surface area (Å²) < 4.78 is 20.3. The van der Waals surface area contributed by atoms with E-state index in [1.165, 1.54) is 23.9 Å². The van der Waals surface area contributed by atoms with Crippen LogP contribution in [0.25, 0.3) is 17.1 Å². The summed E-state index contributed by atoms with van der Waals surface area (Å²) in [5.41, 5.74) is 5.59. The number of thioether (sulfide) groups is 1. The standard InChI is InChI=1S/C25H22FN5O2S/c1-17(18-8-10-20(26)11-9-18)27-28-23(32)16-34-25-30-29-24(19-6-4-3-5-7-19)31(25)21-12-14-22(33-2)15-13-21/h3-15H,16H2,1-2H3,(H,28,32). The highest BCUT2D eigenvalue weighted by Gasteiger charge is 2.17. The molecule has 34 heavy (non-hydrogen) atoms. The second kappa shape index (κ2) is 10.8. The molecule has 0 aliphatic heterocycles. The molecule has 0 aliphatic rings. The van der Waals surface area contributed by atoms with Crippen LogP contribution in [0.1, 0.15) is 12.5 Å². The van der Waals surface area contributed by atoms with Gasteiger partial charge in [-0.2, -0.15) is 5.10 Å². The molecule has 1 amide bonds. The highest BCUT2D eigenvalue weighted by molar-refractivity contribution is 7.99. The fourth-order valence-electron chi connectivity index (χ4n) is 3.17. The molecule has 3 aromatic carbocycles. The molecule has 4 aromatic rings. The number of benzene rings is 3. The number of halogens is 1. The van der Waals surface area contributed by atoms with Crippen LogP contribution in [0.5, 0.6) is 5.75 Å². The Labute approximate surface area is 200 Å². The molecule has 0 bridgehead atoms. The smallest absolute Gasteiger partial charge is 0.250 e. The minimum atomic E-state index is -0.326. The number of hydrogen-bond acceptors (Lipinski definition) is 6.